The van der Waals surface area contributed by atoms with Gasteiger partial charge in [-0.25, -0.2) is 0 Å². The van der Waals surface area contributed by atoms with Crippen LogP contribution in [-0.4, -0.2) is 61.4 Å². The third-order valence-corrected chi connectivity index (χ3v) is 7.51. The van der Waals surface area contributed by atoms with Gasteiger partial charge >= 0.3 is 0 Å². The van der Waals surface area contributed by atoms with E-state index in [4.69, 9.17) is 0 Å². The summed E-state index contributed by atoms with van der Waals surface area (Å²) in [5.74, 6) is 0.752. The Balaban J connectivity index is 1.58. The van der Waals surface area contributed by atoms with Gasteiger partial charge in [-0.05, 0) is 50.1 Å². The Bertz CT molecular complexity index is 531. The lowest BCUT2D eigenvalue weighted by molar-refractivity contribution is -0.129. The molecule has 4 atom stereocenters. The number of fused-ring (bicyclic) bond motifs is 2. The monoisotopic (exact) mass is 335 g/mol. The molecule has 5 nitrogen and oxygen atoms in total. The molecule has 2 bridgehead atoms. The van der Waals surface area contributed by atoms with E-state index in [0.717, 1.165) is 18.9 Å². The van der Waals surface area contributed by atoms with Crippen molar-refractivity contribution in [3.63, 3.8) is 0 Å². The fraction of sp³-hybridized carbons (Fsp3) is 0.895. The largest absolute Gasteiger partial charge is 0.352 e. The smallest absolute Gasteiger partial charge is 0.225 e. The number of likely N-dealkylation sites (N-methyl/N-ethyl adjacent to an activating group) is 1. The van der Waals surface area contributed by atoms with Gasteiger partial charge in [0.15, 0.2) is 0 Å². The maximum absolute atomic E-state index is 12.8. The van der Waals surface area contributed by atoms with Crippen molar-refractivity contribution in [2.24, 2.45) is 22.7 Å². The van der Waals surface area contributed by atoms with Crippen LogP contribution in [0.15, 0.2) is 0 Å². The minimum Gasteiger partial charge on any atom is -0.352 e. The Hall–Kier alpha value is -1.10. The molecule has 5 heteroatoms. The van der Waals surface area contributed by atoms with Crippen molar-refractivity contribution in [1.29, 1.82) is 0 Å². The zero-order chi connectivity index (χ0) is 17.7. The predicted molar refractivity (Wildman–Crippen MR) is 94.4 cm³/mol. The molecule has 24 heavy (non-hydrogen) atoms. The van der Waals surface area contributed by atoms with Crippen LogP contribution >= 0.6 is 0 Å². The SMILES string of the molecule is CN(C)CCN1C[C@@H](C(=O)N[C@@H]2C[C@H]3CC[C@@]2(C)C3(C)C)CC1=O. The van der Waals surface area contributed by atoms with Crippen LogP contribution in [0.1, 0.15) is 46.5 Å². The first-order chi connectivity index (χ1) is 11.1. The summed E-state index contributed by atoms with van der Waals surface area (Å²) in [6.07, 6.45) is 3.96. The van der Waals surface area contributed by atoms with E-state index in [0.29, 0.717) is 24.9 Å². The molecule has 1 heterocycles. The highest BCUT2D eigenvalue weighted by atomic mass is 16.2. The third kappa shape index (κ3) is 2.75. The van der Waals surface area contributed by atoms with Crippen molar-refractivity contribution < 1.29 is 9.59 Å². The van der Waals surface area contributed by atoms with Crippen LogP contribution in [0, 0.1) is 22.7 Å². The molecule has 1 saturated heterocycles. The molecule has 2 amide bonds. The molecule has 3 aliphatic rings. The number of hydrogen-bond donors (Lipinski definition) is 1. The molecule has 1 N–H and O–H groups in total. The van der Waals surface area contributed by atoms with Gasteiger partial charge in [0.05, 0.1) is 5.92 Å². The summed E-state index contributed by atoms with van der Waals surface area (Å²) in [6, 6.07) is 0.268. The maximum Gasteiger partial charge on any atom is 0.225 e. The summed E-state index contributed by atoms with van der Waals surface area (Å²) in [5, 5.41) is 3.33. The van der Waals surface area contributed by atoms with Gasteiger partial charge in [0.1, 0.15) is 0 Å². The Kier molecular flexibility index (Phi) is 4.44. The lowest BCUT2D eigenvalue weighted by atomic mass is 9.69. The molecular formula is C19H33N3O2. The Labute approximate surface area is 146 Å². The van der Waals surface area contributed by atoms with Crippen LogP contribution in [0.2, 0.25) is 0 Å². The molecule has 0 radical (unpaired) electrons. The molecular weight excluding hydrogens is 302 g/mol. The Morgan fingerprint density at radius 1 is 1.33 bits per heavy atom. The van der Waals surface area contributed by atoms with Gasteiger partial charge in [0.25, 0.3) is 0 Å². The van der Waals surface area contributed by atoms with Crippen molar-refractivity contribution in [3.8, 4) is 0 Å². The topological polar surface area (TPSA) is 52.6 Å². The molecule has 2 aliphatic carbocycles. The van der Waals surface area contributed by atoms with Crippen LogP contribution in [0.3, 0.4) is 0 Å². The molecule has 0 unspecified atom stereocenters. The molecule has 0 spiro atoms. The highest BCUT2D eigenvalue weighted by Gasteiger charge is 2.61. The zero-order valence-electron chi connectivity index (χ0n) is 15.9. The van der Waals surface area contributed by atoms with E-state index < -0.39 is 0 Å². The fourth-order valence-electron chi connectivity index (χ4n) is 5.20. The predicted octanol–water partition coefficient (Wildman–Crippen LogP) is 1.73. The van der Waals surface area contributed by atoms with Crippen LogP contribution in [0.5, 0.6) is 0 Å². The van der Waals surface area contributed by atoms with Crippen LogP contribution in [0.25, 0.3) is 0 Å². The molecule has 3 rings (SSSR count). The van der Waals surface area contributed by atoms with E-state index in [9.17, 15) is 9.59 Å². The number of rotatable bonds is 5. The van der Waals surface area contributed by atoms with Gasteiger partial charge in [0.2, 0.25) is 11.8 Å². The van der Waals surface area contributed by atoms with Gasteiger partial charge in [-0.1, -0.05) is 20.8 Å². The number of carbonyl (C=O) groups excluding carboxylic acids is 2. The molecule has 0 aromatic rings. The minimum atomic E-state index is -0.175. The highest BCUT2D eigenvalue weighted by molar-refractivity contribution is 5.89. The summed E-state index contributed by atoms with van der Waals surface area (Å²) < 4.78 is 0. The quantitative estimate of drug-likeness (QED) is 0.832. The van der Waals surface area contributed by atoms with Crippen molar-refractivity contribution in [3.05, 3.63) is 0 Å². The third-order valence-electron chi connectivity index (χ3n) is 7.51. The molecule has 0 aromatic heterocycles. The van der Waals surface area contributed by atoms with Crippen molar-refractivity contribution >= 4 is 11.8 Å². The molecule has 0 aromatic carbocycles. The molecule has 1 aliphatic heterocycles. The Morgan fingerprint density at radius 3 is 2.58 bits per heavy atom. The number of likely N-dealkylation sites (tertiary alicyclic amines) is 1. The number of hydrogen-bond acceptors (Lipinski definition) is 3. The summed E-state index contributed by atoms with van der Waals surface area (Å²) >= 11 is 0. The lowest BCUT2D eigenvalue weighted by Gasteiger charge is -2.39. The number of nitrogens with one attached hydrogen (secondary N) is 1. The van der Waals surface area contributed by atoms with E-state index in [1.165, 1.54) is 12.8 Å². The van der Waals surface area contributed by atoms with Crippen molar-refractivity contribution in [2.45, 2.75) is 52.5 Å². The van der Waals surface area contributed by atoms with Gasteiger partial charge in [0, 0.05) is 32.1 Å². The summed E-state index contributed by atoms with van der Waals surface area (Å²) in [6.45, 7) is 9.20. The first kappa shape index (κ1) is 17.7. The van der Waals surface area contributed by atoms with Crippen molar-refractivity contribution in [2.75, 3.05) is 33.7 Å². The first-order valence-corrected chi connectivity index (χ1v) is 9.38. The Morgan fingerprint density at radius 2 is 2.04 bits per heavy atom. The zero-order valence-corrected chi connectivity index (χ0v) is 15.9. The van der Waals surface area contributed by atoms with Crippen molar-refractivity contribution in [1.82, 2.24) is 15.1 Å². The van der Waals surface area contributed by atoms with Gasteiger partial charge in [-0.3, -0.25) is 9.59 Å². The number of carbonyl (C=O) groups is 2. The molecule has 136 valence electrons. The van der Waals surface area contributed by atoms with E-state index in [1.54, 1.807) is 0 Å². The van der Waals surface area contributed by atoms with Gasteiger partial charge in [-0.15, -0.1) is 0 Å². The summed E-state index contributed by atoms with van der Waals surface area (Å²) in [4.78, 5) is 28.8. The first-order valence-electron chi connectivity index (χ1n) is 9.38. The van der Waals surface area contributed by atoms with Crippen LogP contribution in [-0.2, 0) is 9.59 Å². The second-order valence-corrected chi connectivity index (χ2v) is 9.22. The average molecular weight is 335 g/mol. The average Bonchev–Trinajstić information content (AvgIpc) is 3.03. The van der Waals surface area contributed by atoms with Crippen LogP contribution < -0.4 is 5.32 Å². The minimum absolute atomic E-state index is 0.0882. The highest BCUT2D eigenvalue weighted by Crippen LogP contribution is 2.65. The number of amides is 2. The summed E-state index contributed by atoms with van der Waals surface area (Å²) in [7, 11) is 4.00. The number of nitrogens with zero attached hydrogens (tertiary/aromatic N) is 2. The lowest BCUT2D eigenvalue weighted by Crippen LogP contribution is -2.49. The normalized spacial score (nSPS) is 37.5. The summed E-state index contributed by atoms with van der Waals surface area (Å²) in [5.41, 5.74) is 0.495. The second-order valence-electron chi connectivity index (χ2n) is 9.22. The van der Waals surface area contributed by atoms with Crippen LogP contribution in [0.4, 0.5) is 0 Å². The van der Waals surface area contributed by atoms with Gasteiger partial charge in [-0.2, -0.15) is 0 Å². The van der Waals surface area contributed by atoms with E-state index >= 15 is 0 Å². The molecule has 2 saturated carbocycles. The maximum atomic E-state index is 12.8. The van der Waals surface area contributed by atoms with E-state index in [2.05, 4.69) is 31.0 Å². The second kappa shape index (κ2) is 6.01. The van der Waals surface area contributed by atoms with E-state index in [1.807, 2.05) is 19.0 Å². The molecule has 3 fully saturated rings. The fourth-order valence-corrected chi connectivity index (χ4v) is 5.20. The standard InChI is InChI=1S/C19H33N3O2/c1-18(2)14-6-7-19(18,3)15(11-14)20-17(24)13-10-16(23)22(12-13)9-8-21(4)5/h13-15H,6-12H2,1-5H3,(H,20,24)/t13-,14+,15+,19+/m0/s1. The van der Waals surface area contributed by atoms with Gasteiger partial charge < -0.3 is 15.1 Å². The van der Waals surface area contributed by atoms with E-state index in [-0.39, 0.29) is 29.2 Å².